The highest BCUT2D eigenvalue weighted by atomic mass is 16.6. The van der Waals surface area contributed by atoms with Crippen LogP contribution >= 0.6 is 0 Å². The van der Waals surface area contributed by atoms with E-state index in [1.54, 1.807) is 4.90 Å². The monoisotopic (exact) mass is 347 g/mol. The maximum Gasteiger partial charge on any atom is 0.410 e. The van der Waals surface area contributed by atoms with Crippen LogP contribution in [0.4, 0.5) is 16.2 Å². The highest BCUT2D eigenvalue weighted by Gasteiger charge is 2.28. The Morgan fingerprint density at radius 2 is 1.84 bits per heavy atom. The van der Waals surface area contributed by atoms with Crippen molar-refractivity contribution in [2.75, 3.05) is 30.3 Å². The van der Waals surface area contributed by atoms with Crippen LogP contribution in [0.5, 0.6) is 0 Å². The maximum atomic E-state index is 12.4. The third-order valence-corrected chi connectivity index (χ3v) is 4.40. The van der Waals surface area contributed by atoms with Crippen LogP contribution < -0.4 is 10.6 Å². The number of nitrogens with zero attached hydrogens (tertiary/aromatic N) is 2. The predicted octanol–water partition coefficient (Wildman–Crippen LogP) is 4.19. The summed E-state index contributed by atoms with van der Waals surface area (Å²) in [6.07, 6.45) is 2.78. The molecule has 0 atom stereocenters. The van der Waals surface area contributed by atoms with Gasteiger partial charge in [-0.25, -0.2) is 4.79 Å². The van der Waals surface area contributed by atoms with E-state index in [0.29, 0.717) is 13.1 Å². The average molecular weight is 348 g/mol. The Kier molecular flexibility index (Phi) is 6.20. The number of fused-ring (bicyclic) bond motifs is 1. The second-order valence-corrected chi connectivity index (χ2v) is 7.77. The Balaban J connectivity index is 2.27. The van der Waals surface area contributed by atoms with Gasteiger partial charge in [-0.1, -0.05) is 13.8 Å². The fraction of sp³-hybridized carbons (Fsp3) is 0.650. The first-order valence-electron chi connectivity index (χ1n) is 9.40. The molecule has 0 fully saturated rings. The highest BCUT2D eigenvalue weighted by Crippen LogP contribution is 2.33. The van der Waals surface area contributed by atoms with Gasteiger partial charge < -0.3 is 20.3 Å². The van der Waals surface area contributed by atoms with Crippen molar-refractivity contribution >= 4 is 17.5 Å². The average Bonchev–Trinajstić information content (AvgIpc) is 2.53. The van der Waals surface area contributed by atoms with Crippen LogP contribution in [0.15, 0.2) is 12.1 Å². The van der Waals surface area contributed by atoms with Crippen molar-refractivity contribution in [3.8, 4) is 0 Å². The Morgan fingerprint density at radius 3 is 2.40 bits per heavy atom. The molecule has 0 bridgehead atoms. The summed E-state index contributed by atoms with van der Waals surface area (Å²) in [5.41, 5.74) is 10.2. The molecule has 1 aromatic carbocycles. The SMILES string of the molecule is CCCN(CCC)c1ccc(N)c2c1CCN(C(=O)OC(C)(C)C)C2. The van der Waals surface area contributed by atoms with Crippen molar-refractivity contribution < 1.29 is 9.53 Å². The van der Waals surface area contributed by atoms with E-state index < -0.39 is 5.60 Å². The third-order valence-electron chi connectivity index (χ3n) is 4.40. The lowest BCUT2D eigenvalue weighted by Crippen LogP contribution is -2.40. The standard InChI is InChI=1S/C20H33N3O2/c1-6-11-22(12-7-2)18-9-8-17(21)16-14-23(13-10-15(16)18)19(24)25-20(3,4)5/h8-9H,6-7,10-14,21H2,1-5H3. The van der Waals surface area contributed by atoms with Gasteiger partial charge in [0.25, 0.3) is 0 Å². The number of rotatable bonds is 5. The number of nitrogen functional groups attached to an aromatic ring is 1. The van der Waals surface area contributed by atoms with Crippen molar-refractivity contribution in [2.45, 2.75) is 66.0 Å². The molecule has 0 aliphatic carbocycles. The molecule has 0 unspecified atom stereocenters. The van der Waals surface area contributed by atoms with Crippen LogP contribution in [-0.2, 0) is 17.7 Å². The van der Waals surface area contributed by atoms with Gasteiger partial charge in [0.15, 0.2) is 0 Å². The Labute approximate surface area is 152 Å². The number of carbonyl (C=O) groups excluding carboxylic acids is 1. The first kappa shape index (κ1) is 19.4. The molecule has 1 aliphatic heterocycles. The molecule has 140 valence electrons. The van der Waals surface area contributed by atoms with Crippen LogP contribution in [0.1, 0.15) is 58.6 Å². The minimum absolute atomic E-state index is 0.262. The molecule has 1 heterocycles. The first-order valence-corrected chi connectivity index (χ1v) is 9.40. The number of hydrogen-bond donors (Lipinski definition) is 1. The zero-order valence-electron chi connectivity index (χ0n) is 16.4. The molecular formula is C20H33N3O2. The molecule has 1 aliphatic rings. The van der Waals surface area contributed by atoms with Gasteiger partial charge in [-0.05, 0) is 63.3 Å². The zero-order valence-corrected chi connectivity index (χ0v) is 16.4. The molecule has 0 aromatic heterocycles. The molecule has 25 heavy (non-hydrogen) atoms. The van der Waals surface area contributed by atoms with Crippen LogP contribution in [0.25, 0.3) is 0 Å². The minimum atomic E-state index is -0.482. The van der Waals surface area contributed by atoms with Crippen molar-refractivity contribution in [2.24, 2.45) is 0 Å². The van der Waals surface area contributed by atoms with Crippen LogP contribution in [0.3, 0.4) is 0 Å². The maximum absolute atomic E-state index is 12.4. The van der Waals surface area contributed by atoms with Gasteiger partial charge in [-0.15, -0.1) is 0 Å². The Morgan fingerprint density at radius 1 is 1.20 bits per heavy atom. The summed E-state index contributed by atoms with van der Waals surface area (Å²) in [5, 5.41) is 0. The normalized spacial score (nSPS) is 14.2. The summed E-state index contributed by atoms with van der Waals surface area (Å²) in [6.45, 7) is 13.4. The topological polar surface area (TPSA) is 58.8 Å². The number of anilines is 2. The summed E-state index contributed by atoms with van der Waals surface area (Å²) < 4.78 is 5.52. The van der Waals surface area contributed by atoms with Crippen molar-refractivity contribution in [1.29, 1.82) is 0 Å². The second kappa shape index (κ2) is 7.98. The molecule has 5 nitrogen and oxygen atoms in total. The van der Waals surface area contributed by atoms with Gasteiger partial charge in [-0.2, -0.15) is 0 Å². The Bertz CT molecular complexity index is 602. The number of nitrogens with two attached hydrogens (primary N) is 1. The van der Waals surface area contributed by atoms with E-state index in [1.165, 1.54) is 11.3 Å². The molecule has 1 aromatic rings. The summed E-state index contributed by atoms with van der Waals surface area (Å²) in [7, 11) is 0. The van der Waals surface area contributed by atoms with E-state index in [4.69, 9.17) is 10.5 Å². The first-order chi connectivity index (χ1) is 11.8. The summed E-state index contributed by atoms with van der Waals surface area (Å²) in [5.74, 6) is 0. The summed E-state index contributed by atoms with van der Waals surface area (Å²) in [4.78, 5) is 16.6. The van der Waals surface area contributed by atoms with Gasteiger partial charge >= 0.3 is 6.09 Å². The molecule has 2 N–H and O–H groups in total. The molecule has 0 saturated carbocycles. The molecule has 1 amide bonds. The minimum Gasteiger partial charge on any atom is -0.444 e. The number of hydrogen-bond acceptors (Lipinski definition) is 4. The summed E-state index contributed by atoms with van der Waals surface area (Å²) >= 11 is 0. The van der Waals surface area contributed by atoms with Crippen molar-refractivity contribution in [3.63, 3.8) is 0 Å². The number of carbonyl (C=O) groups is 1. The third kappa shape index (κ3) is 4.80. The molecule has 2 rings (SSSR count). The molecule has 5 heteroatoms. The lowest BCUT2D eigenvalue weighted by atomic mass is 9.95. The van der Waals surface area contributed by atoms with E-state index in [0.717, 1.165) is 43.6 Å². The molecule has 0 radical (unpaired) electrons. The number of ether oxygens (including phenoxy) is 1. The Hall–Kier alpha value is -1.91. The van der Waals surface area contributed by atoms with Gasteiger partial charge in [-0.3, -0.25) is 0 Å². The van der Waals surface area contributed by atoms with Gasteiger partial charge in [0.05, 0.1) is 6.54 Å². The number of amides is 1. The van der Waals surface area contributed by atoms with Gasteiger partial charge in [0, 0.05) is 31.0 Å². The van der Waals surface area contributed by atoms with Crippen molar-refractivity contribution in [1.82, 2.24) is 4.90 Å². The summed E-state index contributed by atoms with van der Waals surface area (Å²) in [6, 6.07) is 4.12. The lowest BCUT2D eigenvalue weighted by molar-refractivity contribution is 0.0224. The van der Waals surface area contributed by atoms with Crippen LogP contribution in [0, 0.1) is 0 Å². The lowest BCUT2D eigenvalue weighted by Gasteiger charge is -2.35. The van der Waals surface area contributed by atoms with Crippen LogP contribution in [-0.4, -0.2) is 36.2 Å². The molecular weight excluding hydrogens is 314 g/mol. The largest absolute Gasteiger partial charge is 0.444 e. The van der Waals surface area contributed by atoms with E-state index in [9.17, 15) is 4.79 Å². The van der Waals surface area contributed by atoms with Gasteiger partial charge in [0.1, 0.15) is 5.60 Å². The van der Waals surface area contributed by atoms with Crippen LogP contribution in [0.2, 0.25) is 0 Å². The zero-order chi connectivity index (χ0) is 18.6. The predicted molar refractivity (Wildman–Crippen MR) is 104 cm³/mol. The van der Waals surface area contributed by atoms with Crippen molar-refractivity contribution in [3.05, 3.63) is 23.3 Å². The molecule has 0 spiro atoms. The fourth-order valence-corrected chi connectivity index (χ4v) is 3.35. The van der Waals surface area contributed by atoms with E-state index in [2.05, 4.69) is 24.8 Å². The van der Waals surface area contributed by atoms with E-state index in [-0.39, 0.29) is 6.09 Å². The van der Waals surface area contributed by atoms with E-state index >= 15 is 0 Å². The number of benzene rings is 1. The highest BCUT2D eigenvalue weighted by molar-refractivity contribution is 5.72. The van der Waals surface area contributed by atoms with E-state index in [1.807, 2.05) is 26.8 Å². The second-order valence-electron chi connectivity index (χ2n) is 7.77. The fourth-order valence-electron chi connectivity index (χ4n) is 3.35. The van der Waals surface area contributed by atoms with Gasteiger partial charge in [0.2, 0.25) is 0 Å². The quantitative estimate of drug-likeness (QED) is 0.812. The molecule has 0 saturated heterocycles. The smallest absolute Gasteiger partial charge is 0.410 e.